The summed E-state index contributed by atoms with van der Waals surface area (Å²) < 4.78 is 5.38. The first-order valence-electron chi connectivity index (χ1n) is 5.84. The zero-order valence-corrected chi connectivity index (χ0v) is 9.17. The second-order valence-corrected chi connectivity index (χ2v) is 4.60. The van der Waals surface area contributed by atoms with E-state index in [1.165, 1.54) is 45.4 Å². The van der Waals surface area contributed by atoms with E-state index in [1.54, 1.807) is 0 Å². The minimum absolute atomic E-state index is 0.497. The maximum absolute atomic E-state index is 5.38. The molecule has 0 spiro atoms. The molecule has 2 aliphatic rings. The van der Waals surface area contributed by atoms with Gasteiger partial charge in [0.25, 0.3) is 0 Å². The van der Waals surface area contributed by atoms with E-state index >= 15 is 0 Å². The van der Waals surface area contributed by atoms with Crippen LogP contribution in [0.1, 0.15) is 19.3 Å². The van der Waals surface area contributed by atoms with Crippen LogP contribution in [0, 0.1) is 5.92 Å². The van der Waals surface area contributed by atoms with Gasteiger partial charge in [0.1, 0.15) is 0 Å². The molecule has 2 aliphatic heterocycles. The second kappa shape index (κ2) is 5.10. The summed E-state index contributed by atoms with van der Waals surface area (Å²) in [6.07, 6.45) is 4.43. The highest BCUT2D eigenvalue weighted by atomic mass is 16.5. The van der Waals surface area contributed by atoms with Gasteiger partial charge >= 0.3 is 0 Å². The molecular weight excluding hydrogens is 176 g/mol. The number of nitrogens with one attached hydrogen (secondary N) is 1. The van der Waals surface area contributed by atoms with Crippen molar-refractivity contribution in [3.8, 4) is 0 Å². The van der Waals surface area contributed by atoms with Gasteiger partial charge in [-0.2, -0.15) is 0 Å². The lowest BCUT2D eigenvalue weighted by atomic mass is 9.98. The van der Waals surface area contributed by atoms with Crippen molar-refractivity contribution in [1.82, 2.24) is 10.2 Å². The van der Waals surface area contributed by atoms with E-state index < -0.39 is 0 Å². The van der Waals surface area contributed by atoms with Crippen LogP contribution >= 0.6 is 0 Å². The molecule has 2 rings (SSSR count). The van der Waals surface area contributed by atoms with Gasteiger partial charge in [-0.25, -0.2) is 0 Å². The maximum atomic E-state index is 5.38. The Bertz CT molecular complexity index is 169. The molecule has 0 amide bonds. The maximum Gasteiger partial charge on any atom is 0.0710 e. The third-order valence-corrected chi connectivity index (χ3v) is 3.54. The Morgan fingerprint density at radius 1 is 1.29 bits per heavy atom. The number of likely N-dealkylation sites (tertiary alicyclic amines) is 1. The lowest BCUT2D eigenvalue weighted by Gasteiger charge is -2.27. The van der Waals surface area contributed by atoms with Crippen LogP contribution in [0.15, 0.2) is 0 Å². The second-order valence-electron chi connectivity index (χ2n) is 4.60. The number of piperidine rings is 1. The lowest BCUT2D eigenvalue weighted by Crippen LogP contribution is -2.35. The fourth-order valence-electron chi connectivity index (χ4n) is 2.58. The Kier molecular flexibility index (Phi) is 3.79. The molecular formula is C11H22N2O. The number of nitrogens with zero attached hydrogens (tertiary/aromatic N) is 1. The molecule has 0 aromatic heterocycles. The number of methoxy groups -OCH3 is 1. The summed E-state index contributed by atoms with van der Waals surface area (Å²) in [5.74, 6) is 0.923. The molecule has 14 heavy (non-hydrogen) atoms. The SMILES string of the molecule is COC1CCN(CC2CCNCC2)C1. The van der Waals surface area contributed by atoms with E-state index in [9.17, 15) is 0 Å². The first-order valence-corrected chi connectivity index (χ1v) is 5.84. The van der Waals surface area contributed by atoms with E-state index in [-0.39, 0.29) is 0 Å². The molecule has 2 fully saturated rings. The average Bonchev–Trinajstić information content (AvgIpc) is 2.67. The van der Waals surface area contributed by atoms with Crippen molar-refractivity contribution in [2.45, 2.75) is 25.4 Å². The van der Waals surface area contributed by atoms with Crippen molar-refractivity contribution in [3.63, 3.8) is 0 Å². The Labute approximate surface area is 86.8 Å². The largest absolute Gasteiger partial charge is 0.380 e. The van der Waals surface area contributed by atoms with Gasteiger partial charge in [-0.3, -0.25) is 0 Å². The van der Waals surface area contributed by atoms with Crippen LogP contribution in [-0.2, 0) is 4.74 Å². The zero-order chi connectivity index (χ0) is 9.80. The number of rotatable bonds is 3. The van der Waals surface area contributed by atoms with Gasteiger partial charge < -0.3 is 15.0 Å². The molecule has 1 N–H and O–H groups in total. The van der Waals surface area contributed by atoms with E-state index in [0.717, 1.165) is 12.5 Å². The van der Waals surface area contributed by atoms with Crippen LogP contribution in [0.25, 0.3) is 0 Å². The summed E-state index contributed by atoms with van der Waals surface area (Å²) in [6.45, 7) is 6.11. The third-order valence-electron chi connectivity index (χ3n) is 3.54. The van der Waals surface area contributed by atoms with Crippen molar-refractivity contribution in [2.24, 2.45) is 5.92 Å². The van der Waals surface area contributed by atoms with Gasteiger partial charge in [0.2, 0.25) is 0 Å². The van der Waals surface area contributed by atoms with E-state index in [2.05, 4.69) is 10.2 Å². The van der Waals surface area contributed by atoms with E-state index in [4.69, 9.17) is 4.74 Å². The predicted octanol–water partition coefficient (Wildman–Crippen LogP) is 0.707. The number of ether oxygens (including phenoxy) is 1. The van der Waals surface area contributed by atoms with Crippen LogP contribution in [0.5, 0.6) is 0 Å². The monoisotopic (exact) mass is 198 g/mol. The normalized spacial score (nSPS) is 31.1. The highest BCUT2D eigenvalue weighted by Gasteiger charge is 2.24. The Balaban J connectivity index is 1.69. The number of hydrogen-bond acceptors (Lipinski definition) is 3. The topological polar surface area (TPSA) is 24.5 Å². The molecule has 0 bridgehead atoms. The summed E-state index contributed by atoms with van der Waals surface area (Å²) in [7, 11) is 1.83. The molecule has 0 aliphatic carbocycles. The molecule has 2 saturated heterocycles. The first kappa shape index (κ1) is 10.4. The third kappa shape index (κ3) is 2.69. The highest BCUT2D eigenvalue weighted by Crippen LogP contribution is 2.18. The summed E-state index contributed by atoms with van der Waals surface area (Å²) in [5, 5.41) is 3.42. The number of hydrogen-bond donors (Lipinski definition) is 1. The van der Waals surface area contributed by atoms with E-state index in [1.807, 2.05) is 7.11 Å². The van der Waals surface area contributed by atoms with Crippen LogP contribution in [0.4, 0.5) is 0 Å². The molecule has 0 aromatic carbocycles. The minimum Gasteiger partial charge on any atom is -0.380 e. The van der Waals surface area contributed by atoms with Crippen LogP contribution in [0.3, 0.4) is 0 Å². The summed E-state index contributed by atoms with van der Waals surface area (Å²) in [5.41, 5.74) is 0. The van der Waals surface area contributed by atoms with Gasteiger partial charge in [-0.1, -0.05) is 0 Å². The molecule has 2 heterocycles. The van der Waals surface area contributed by atoms with Crippen molar-refractivity contribution in [3.05, 3.63) is 0 Å². The summed E-state index contributed by atoms with van der Waals surface area (Å²) in [6, 6.07) is 0. The van der Waals surface area contributed by atoms with Gasteiger partial charge in [0.15, 0.2) is 0 Å². The van der Waals surface area contributed by atoms with Gasteiger partial charge in [0.05, 0.1) is 6.10 Å². The Hall–Kier alpha value is -0.120. The van der Waals surface area contributed by atoms with Crippen molar-refractivity contribution in [2.75, 3.05) is 39.8 Å². The molecule has 0 saturated carbocycles. The minimum atomic E-state index is 0.497. The molecule has 3 heteroatoms. The van der Waals surface area contributed by atoms with E-state index in [0.29, 0.717) is 6.10 Å². The van der Waals surface area contributed by atoms with Gasteiger partial charge in [-0.05, 0) is 38.3 Å². The van der Waals surface area contributed by atoms with Crippen LogP contribution in [-0.4, -0.2) is 50.8 Å². The van der Waals surface area contributed by atoms with Crippen LogP contribution < -0.4 is 5.32 Å². The molecule has 3 nitrogen and oxygen atoms in total. The van der Waals surface area contributed by atoms with Crippen molar-refractivity contribution >= 4 is 0 Å². The molecule has 82 valence electrons. The fourth-order valence-corrected chi connectivity index (χ4v) is 2.58. The predicted molar refractivity (Wildman–Crippen MR) is 57.4 cm³/mol. The zero-order valence-electron chi connectivity index (χ0n) is 9.17. The van der Waals surface area contributed by atoms with Crippen molar-refractivity contribution < 1.29 is 4.74 Å². The van der Waals surface area contributed by atoms with Crippen LogP contribution in [0.2, 0.25) is 0 Å². The fraction of sp³-hybridized carbons (Fsp3) is 1.00. The molecule has 1 atom stereocenters. The Morgan fingerprint density at radius 3 is 2.71 bits per heavy atom. The molecule has 0 radical (unpaired) electrons. The molecule has 0 aromatic rings. The average molecular weight is 198 g/mol. The van der Waals surface area contributed by atoms with Gasteiger partial charge in [-0.15, -0.1) is 0 Å². The summed E-state index contributed by atoms with van der Waals surface area (Å²) >= 11 is 0. The lowest BCUT2D eigenvalue weighted by molar-refractivity contribution is 0.104. The first-order chi connectivity index (χ1) is 6.88. The molecule has 1 unspecified atom stereocenters. The van der Waals surface area contributed by atoms with Gasteiger partial charge in [0, 0.05) is 26.7 Å². The standard InChI is InChI=1S/C11H22N2O/c1-14-11-4-7-13(9-11)8-10-2-5-12-6-3-10/h10-12H,2-9H2,1H3. The highest BCUT2D eigenvalue weighted by molar-refractivity contribution is 4.79. The summed E-state index contributed by atoms with van der Waals surface area (Å²) in [4.78, 5) is 2.57. The van der Waals surface area contributed by atoms with Crippen molar-refractivity contribution in [1.29, 1.82) is 0 Å². The quantitative estimate of drug-likeness (QED) is 0.723. The Morgan fingerprint density at radius 2 is 2.07 bits per heavy atom. The smallest absolute Gasteiger partial charge is 0.0710 e.